The van der Waals surface area contributed by atoms with Crippen LogP contribution in [0.15, 0.2) is 78.9 Å². The Morgan fingerprint density at radius 3 is 2.17 bits per heavy atom. The first-order valence-corrected chi connectivity index (χ1v) is 16.9. The Morgan fingerprint density at radius 1 is 0.891 bits per heavy atom. The summed E-state index contributed by atoms with van der Waals surface area (Å²) in [5.41, 5.74) is 2.99. The first kappa shape index (κ1) is 32.8. The molecule has 0 aliphatic carbocycles. The smallest absolute Gasteiger partial charge is 0.323 e. The van der Waals surface area contributed by atoms with Gasteiger partial charge in [-0.05, 0) is 53.1 Å². The van der Waals surface area contributed by atoms with Crippen molar-refractivity contribution < 1.29 is 27.5 Å². The van der Waals surface area contributed by atoms with Gasteiger partial charge in [0.2, 0.25) is 10.0 Å². The van der Waals surface area contributed by atoms with Crippen LogP contribution in [0.2, 0.25) is 0 Å². The lowest BCUT2D eigenvalue weighted by atomic mass is 9.86. The number of methoxy groups -OCH3 is 1. The third kappa shape index (κ3) is 7.11. The van der Waals surface area contributed by atoms with Crippen LogP contribution in [0.25, 0.3) is 10.8 Å². The molecular formula is C35H40N4O6S. The average molecular weight is 645 g/mol. The number of nitrogens with zero attached hydrogens (tertiary/aromatic N) is 1. The van der Waals surface area contributed by atoms with E-state index in [-0.39, 0.29) is 34.9 Å². The predicted molar refractivity (Wildman–Crippen MR) is 182 cm³/mol. The van der Waals surface area contributed by atoms with Gasteiger partial charge in [-0.15, -0.1) is 0 Å². The van der Waals surface area contributed by atoms with Crippen molar-refractivity contribution >= 4 is 49.8 Å². The number of morpholine rings is 1. The number of carbonyl (C=O) groups excluding carboxylic acids is 2. The van der Waals surface area contributed by atoms with E-state index in [1.165, 1.54) is 7.11 Å². The van der Waals surface area contributed by atoms with Crippen molar-refractivity contribution in [1.82, 2.24) is 4.90 Å². The summed E-state index contributed by atoms with van der Waals surface area (Å²) in [5.74, 6) is 0.0615. The molecule has 0 aromatic heterocycles. The molecule has 0 spiro atoms. The largest absolute Gasteiger partial charge is 0.492 e. The highest BCUT2D eigenvalue weighted by molar-refractivity contribution is 7.92. The van der Waals surface area contributed by atoms with E-state index in [1.54, 1.807) is 24.3 Å². The molecular weight excluding hydrogens is 604 g/mol. The maximum Gasteiger partial charge on any atom is 0.323 e. The Bertz CT molecular complexity index is 1870. The summed E-state index contributed by atoms with van der Waals surface area (Å²) in [6.45, 7) is 8.84. The number of rotatable bonds is 7. The fraction of sp³-hybridized carbons (Fsp3) is 0.314. The minimum Gasteiger partial charge on any atom is -0.492 e. The van der Waals surface area contributed by atoms with Gasteiger partial charge < -0.3 is 25.0 Å². The van der Waals surface area contributed by atoms with E-state index in [2.05, 4.69) is 15.4 Å². The van der Waals surface area contributed by atoms with Gasteiger partial charge in [0.15, 0.2) is 5.75 Å². The highest BCUT2D eigenvalue weighted by atomic mass is 32.2. The van der Waals surface area contributed by atoms with Gasteiger partial charge in [0.05, 0.1) is 43.1 Å². The average Bonchev–Trinajstić information content (AvgIpc) is 3.00. The van der Waals surface area contributed by atoms with Crippen LogP contribution in [-0.4, -0.2) is 57.8 Å². The lowest BCUT2D eigenvalue weighted by Gasteiger charge is -2.39. The SMILES string of the molecule is COc1c(NC(=O)Nc2ccc(C(=O)N3CCOC(c4ccccc4)C3C)c3ccccc23)cc(C(C)(C)C)cc1NS(C)(=O)=O. The van der Waals surface area contributed by atoms with E-state index in [1.807, 2.05) is 87.2 Å². The number of hydrogen-bond acceptors (Lipinski definition) is 6. The molecule has 2 unspecified atom stereocenters. The van der Waals surface area contributed by atoms with E-state index in [4.69, 9.17) is 9.47 Å². The van der Waals surface area contributed by atoms with E-state index in [0.717, 1.165) is 17.4 Å². The molecule has 0 saturated carbocycles. The number of anilines is 3. The molecule has 4 aromatic rings. The highest BCUT2D eigenvalue weighted by Gasteiger charge is 2.34. The van der Waals surface area contributed by atoms with Gasteiger partial charge in [0.1, 0.15) is 6.10 Å². The number of amides is 3. The van der Waals surface area contributed by atoms with Gasteiger partial charge in [-0.25, -0.2) is 13.2 Å². The van der Waals surface area contributed by atoms with Crippen molar-refractivity contribution in [3.05, 3.63) is 95.6 Å². The Labute approximate surface area is 270 Å². The van der Waals surface area contributed by atoms with E-state index >= 15 is 0 Å². The second kappa shape index (κ2) is 13.0. The zero-order valence-electron chi connectivity index (χ0n) is 26.9. The number of urea groups is 1. The fourth-order valence-corrected chi connectivity index (χ4v) is 6.31. The van der Waals surface area contributed by atoms with Gasteiger partial charge in [0, 0.05) is 17.5 Å². The molecule has 1 aliphatic heterocycles. The Balaban J connectivity index is 1.43. The van der Waals surface area contributed by atoms with E-state index < -0.39 is 16.1 Å². The maximum absolute atomic E-state index is 14.0. The molecule has 3 amide bonds. The summed E-state index contributed by atoms with van der Waals surface area (Å²) >= 11 is 0. The van der Waals surface area contributed by atoms with Gasteiger partial charge in [-0.2, -0.15) is 0 Å². The van der Waals surface area contributed by atoms with Crippen LogP contribution in [0.1, 0.15) is 55.3 Å². The molecule has 242 valence electrons. The quantitative estimate of drug-likeness (QED) is 0.204. The number of carbonyl (C=O) groups is 2. The van der Waals surface area contributed by atoms with Gasteiger partial charge in [-0.1, -0.05) is 75.4 Å². The lowest BCUT2D eigenvalue weighted by molar-refractivity contribution is -0.0551. The van der Waals surface area contributed by atoms with E-state index in [9.17, 15) is 18.0 Å². The summed E-state index contributed by atoms with van der Waals surface area (Å²) in [7, 11) is -2.22. The molecule has 1 heterocycles. The van der Waals surface area contributed by atoms with Gasteiger partial charge in [0.25, 0.3) is 5.91 Å². The van der Waals surface area contributed by atoms with Crippen molar-refractivity contribution in [2.45, 2.75) is 45.3 Å². The number of fused-ring (bicyclic) bond motifs is 1. The van der Waals surface area contributed by atoms with Crippen LogP contribution in [-0.2, 0) is 20.2 Å². The zero-order chi connectivity index (χ0) is 33.2. The molecule has 5 rings (SSSR count). The summed E-state index contributed by atoms with van der Waals surface area (Å²) < 4.78 is 38.3. The second-order valence-electron chi connectivity index (χ2n) is 12.5. The Morgan fingerprint density at radius 2 is 1.52 bits per heavy atom. The Hall–Kier alpha value is -4.61. The molecule has 2 atom stereocenters. The van der Waals surface area contributed by atoms with Crippen LogP contribution in [0.3, 0.4) is 0 Å². The number of nitrogens with one attached hydrogen (secondary N) is 3. The number of ether oxygens (including phenoxy) is 2. The normalized spacial score (nSPS) is 17.0. The Kier molecular flexibility index (Phi) is 9.27. The number of sulfonamides is 1. The first-order valence-electron chi connectivity index (χ1n) is 15.0. The van der Waals surface area contributed by atoms with Crippen LogP contribution in [0.5, 0.6) is 5.75 Å². The van der Waals surface area contributed by atoms with Crippen molar-refractivity contribution in [3.8, 4) is 5.75 Å². The summed E-state index contributed by atoms with van der Waals surface area (Å²) in [5, 5.41) is 7.13. The molecule has 10 nitrogen and oxygen atoms in total. The van der Waals surface area contributed by atoms with Crippen molar-refractivity contribution in [2.24, 2.45) is 0 Å². The van der Waals surface area contributed by atoms with Crippen LogP contribution >= 0.6 is 0 Å². The van der Waals surface area contributed by atoms with Crippen LogP contribution in [0.4, 0.5) is 21.9 Å². The van der Waals surface area contributed by atoms with Crippen molar-refractivity contribution in [1.29, 1.82) is 0 Å². The molecule has 1 saturated heterocycles. The maximum atomic E-state index is 14.0. The molecule has 0 radical (unpaired) electrons. The first-order chi connectivity index (χ1) is 21.8. The lowest BCUT2D eigenvalue weighted by Crippen LogP contribution is -2.48. The molecule has 1 fully saturated rings. The summed E-state index contributed by atoms with van der Waals surface area (Å²) in [4.78, 5) is 29.3. The van der Waals surface area contributed by atoms with Crippen LogP contribution in [0, 0.1) is 0 Å². The standard InChI is InChI=1S/C35H40N4O6S/c1-22-31(23-12-8-7-9-13-23)45-19-18-39(22)33(40)27-16-17-28(26-15-11-10-14-25(26)27)36-34(41)37-29-20-24(35(2,3)4)21-30(32(29)44-5)38-46(6,42)43/h7-17,20-22,31,38H,18-19H2,1-6H3,(H2,36,37,41). The van der Waals surface area contributed by atoms with Crippen molar-refractivity contribution in [2.75, 3.05) is 41.9 Å². The predicted octanol–water partition coefficient (Wildman–Crippen LogP) is 6.76. The van der Waals surface area contributed by atoms with Crippen LogP contribution < -0.4 is 20.1 Å². The second-order valence-corrected chi connectivity index (χ2v) is 14.2. The van der Waals surface area contributed by atoms with Gasteiger partial charge in [-0.3, -0.25) is 9.52 Å². The monoisotopic (exact) mass is 644 g/mol. The van der Waals surface area contributed by atoms with Gasteiger partial charge >= 0.3 is 6.03 Å². The highest BCUT2D eigenvalue weighted by Crippen LogP contribution is 2.39. The third-order valence-electron chi connectivity index (χ3n) is 8.05. The molecule has 0 bridgehead atoms. The van der Waals surface area contributed by atoms with E-state index in [0.29, 0.717) is 40.9 Å². The molecule has 46 heavy (non-hydrogen) atoms. The molecule has 1 aliphatic rings. The minimum absolute atomic E-state index is 0.112. The summed E-state index contributed by atoms with van der Waals surface area (Å²) in [6.07, 6.45) is 0.813. The fourth-order valence-electron chi connectivity index (χ4n) is 5.76. The number of benzene rings is 4. The summed E-state index contributed by atoms with van der Waals surface area (Å²) in [6, 6.07) is 23.5. The molecule has 4 aromatic carbocycles. The molecule has 3 N–H and O–H groups in total. The minimum atomic E-state index is -3.63. The molecule has 11 heteroatoms. The topological polar surface area (TPSA) is 126 Å². The van der Waals surface area contributed by atoms with Crippen molar-refractivity contribution in [3.63, 3.8) is 0 Å². The zero-order valence-corrected chi connectivity index (χ0v) is 27.7. The number of hydrogen-bond donors (Lipinski definition) is 3. The third-order valence-corrected chi connectivity index (χ3v) is 8.64.